The molecule has 0 radical (unpaired) electrons. The second-order valence-corrected chi connectivity index (χ2v) is 9.51. The second kappa shape index (κ2) is 8.33. The van der Waals surface area contributed by atoms with Crippen molar-refractivity contribution in [2.75, 3.05) is 18.1 Å². The van der Waals surface area contributed by atoms with Gasteiger partial charge in [-0.05, 0) is 42.5 Å². The lowest BCUT2D eigenvalue weighted by atomic mass is 9.97. The van der Waals surface area contributed by atoms with Gasteiger partial charge in [-0.3, -0.25) is 9.13 Å². The van der Waals surface area contributed by atoms with Crippen LogP contribution < -0.4 is 15.9 Å². The molecule has 8 heteroatoms. The van der Waals surface area contributed by atoms with Crippen LogP contribution in [0.4, 0.5) is 16.3 Å². The standard InChI is InChI=1S/C24H31N5O3/c1-6-32-22(30)25-17-13-16-9-7-8-10-18(16)28(14-17)20-12-11-19-21(26-20)27(5)23(31)29(19)15-24(2,3)4/h7-12,17H,6,13-15H2,1-5H3,(H,25,30). The van der Waals surface area contributed by atoms with Crippen LogP contribution in [0.1, 0.15) is 33.3 Å². The molecule has 1 aliphatic rings. The molecule has 1 N–H and O–H groups in total. The molecule has 1 aromatic carbocycles. The van der Waals surface area contributed by atoms with Crippen LogP contribution in [0.15, 0.2) is 41.2 Å². The summed E-state index contributed by atoms with van der Waals surface area (Å²) in [5, 5.41) is 2.96. The Kier molecular flexibility index (Phi) is 5.71. The largest absolute Gasteiger partial charge is 0.450 e. The van der Waals surface area contributed by atoms with E-state index in [4.69, 9.17) is 9.72 Å². The van der Waals surface area contributed by atoms with Gasteiger partial charge in [0.15, 0.2) is 5.65 Å². The number of alkyl carbamates (subject to hydrolysis) is 1. The zero-order valence-electron chi connectivity index (χ0n) is 19.4. The van der Waals surface area contributed by atoms with Gasteiger partial charge in [0.05, 0.1) is 18.2 Å². The first kappa shape index (κ1) is 21.9. The smallest absolute Gasteiger partial charge is 0.407 e. The number of carbonyl (C=O) groups is 1. The Labute approximate surface area is 187 Å². The molecule has 0 spiro atoms. The number of benzene rings is 1. The Morgan fingerprint density at radius 1 is 1.22 bits per heavy atom. The molecule has 0 saturated carbocycles. The van der Waals surface area contributed by atoms with Crippen molar-refractivity contribution in [1.29, 1.82) is 0 Å². The van der Waals surface area contributed by atoms with Crippen molar-refractivity contribution in [2.24, 2.45) is 12.5 Å². The average molecular weight is 438 g/mol. The molecule has 3 heterocycles. The Morgan fingerprint density at radius 3 is 2.69 bits per heavy atom. The SMILES string of the molecule is CCOC(=O)NC1Cc2ccccc2N(c2ccc3c(n2)n(C)c(=O)n3CC(C)(C)C)C1. The van der Waals surface area contributed by atoms with E-state index < -0.39 is 6.09 Å². The number of rotatable bonds is 4. The van der Waals surface area contributed by atoms with Gasteiger partial charge < -0.3 is 15.0 Å². The molecule has 1 aliphatic heterocycles. The van der Waals surface area contributed by atoms with Crippen molar-refractivity contribution < 1.29 is 9.53 Å². The van der Waals surface area contributed by atoms with Crippen molar-refractivity contribution in [1.82, 2.24) is 19.4 Å². The van der Waals surface area contributed by atoms with E-state index in [0.29, 0.717) is 31.8 Å². The fourth-order valence-corrected chi connectivity index (χ4v) is 4.29. The van der Waals surface area contributed by atoms with Gasteiger partial charge in [0, 0.05) is 25.8 Å². The molecule has 8 nitrogen and oxygen atoms in total. The predicted molar refractivity (Wildman–Crippen MR) is 126 cm³/mol. The minimum absolute atomic E-state index is 0.0332. The Morgan fingerprint density at radius 2 is 1.97 bits per heavy atom. The summed E-state index contributed by atoms with van der Waals surface area (Å²) in [5.41, 5.74) is 3.55. The van der Waals surface area contributed by atoms with Gasteiger partial charge in [-0.15, -0.1) is 0 Å². The number of para-hydroxylation sites is 1. The van der Waals surface area contributed by atoms with E-state index in [1.54, 1.807) is 23.1 Å². The van der Waals surface area contributed by atoms with Crippen LogP contribution in [0.3, 0.4) is 0 Å². The van der Waals surface area contributed by atoms with Crippen LogP contribution in [0.2, 0.25) is 0 Å². The highest BCUT2D eigenvalue weighted by Gasteiger charge is 2.28. The van der Waals surface area contributed by atoms with E-state index >= 15 is 0 Å². The monoisotopic (exact) mass is 437 g/mol. The van der Waals surface area contributed by atoms with E-state index in [2.05, 4.69) is 43.1 Å². The van der Waals surface area contributed by atoms with Crippen LogP contribution >= 0.6 is 0 Å². The maximum Gasteiger partial charge on any atom is 0.407 e. The van der Waals surface area contributed by atoms with E-state index in [9.17, 15) is 9.59 Å². The number of aryl methyl sites for hydroxylation is 1. The topological polar surface area (TPSA) is 81.4 Å². The number of hydrogen-bond acceptors (Lipinski definition) is 5. The number of amides is 1. The van der Waals surface area contributed by atoms with E-state index in [-0.39, 0.29) is 17.1 Å². The molecule has 1 amide bonds. The minimum Gasteiger partial charge on any atom is -0.450 e. The van der Waals surface area contributed by atoms with Gasteiger partial charge in [-0.25, -0.2) is 14.6 Å². The summed E-state index contributed by atoms with van der Waals surface area (Å²) in [6.07, 6.45) is 0.302. The third-order valence-electron chi connectivity index (χ3n) is 5.62. The number of imidazole rings is 1. The summed E-state index contributed by atoms with van der Waals surface area (Å²) in [4.78, 5) is 31.9. The lowest BCUT2D eigenvalue weighted by molar-refractivity contribution is 0.148. The zero-order chi connectivity index (χ0) is 23.0. The Hall–Kier alpha value is -3.29. The molecule has 0 saturated heterocycles. The van der Waals surface area contributed by atoms with E-state index in [1.807, 2.05) is 24.3 Å². The molecule has 0 fully saturated rings. The van der Waals surface area contributed by atoms with Gasteiger partial charge >= 0.3 is 11.8 Å². The number of carbonyl (C=O) groups excluding carboxylic acids is 1. The summed E-state index contributed by atoms with van der Waals surface area (Å²) in [7, 11) is 1.76. The fourth-order valence-electron chi connectivity index (χ4n) is 4.29. The first-order chi connectivity index (χ1) is 15.2. The van der Waals surface area contributed by atoms with Crippen molar-refractivity contribution in [2.45, 2.75) is 46.7 Å². The number of nitrogens with one attached hydrogen (secondary N) is 1. The van der Waals surface area contributed by atoms with E-state index in [1.165, 1.54) is 0 Å². The number of pyridine rings is 1. The number of anilines is 2. The summed E-state index contributed by atoms with van der Waals surface area (Å²) in [5.74, 6) is 0.740. The van der Waals surface area contributed by atoms with Crippen molar-refractivity contribution in [3.05, 3.63) is 52.4 Å². The molecule has 32 heavy (non-hydrogen) atoms. The number of fused-ring (bicyclic) bond motifs is 2. The molecule has 4 rings (SSSR count). The molecule has 0 aliphatic carbocycles. The first-order valence-electron chi connectivity index (χ1n) is 11.0. The number of aromatic nitrogens is 3. The quantitative estimate of drug-likeness (QED) is 0.675. The second-order valence-electron chi connectivity index (χ2n) is 9.51. The van der Waals surface area contributed by atoms with Crippen LogP contribution in [-0.2, 0) is 24.8 Å². The van der Waals surface area contributed by atoms with Gasteiger partial charge in [0.25, 0.3) is 0 Å². The molecule has 2 aromatic heterocycles. The van der Waals surface area contributed by atoms with Crippen molar-refractivity contribution >= 4 is 28.8 Å². The highest BCUT2D eigenvalue weighted by atomic mass is 16.5. The number of ether oxygens (including phenoxy) is 1. The molecule has 0 bridgehead atoms. The van der Waals surface area contributed by atoms with E-state index in [0.717, 1.165) is 22.6 Å². The Bertz CT molecular complexity index is 1200. The van der Waals surface area contributed by atoms with Crippen LogP contribution in [0, 0.1) is 5.41 Å². The van der Waals surface area contributed by atoms with Crippen LogP contribution in [-0.4, -0.2) is 39.4 Å². The fraction of sp³-hybridized carbons (Fsp3) is 0.458. The summed E-state index contributed by atoms with van der Waals surface area (Å²) in [6, 6.07) is 11.9. The van der Waals surface area contributed by atoms with Crippen LogP contribution in [0.5, 0.6) is 0 Å². The van der Waals surface area contributed by atoms with Gasteiger partial charge in [-0.2, -0.15) is 0 Å². The van der Waals surface area contributed by atoms with Gasteiger partial charge in [0.2, 0.25) is 0 Å². The average Bonchev–Trinajstić information content (AvgIpc) is 2.96. The molecule has 1 unspecified atom stereocenters. The maximum atomic E-state index is 12.9. The molecule has 3 aromatic rings. The maximum absolute atomic E-state index is 12.9. The Balaban J connectivity index is 1.74. The first-order valence-corrected chi connectivity index (χ1v) is 11.0. The lowest BCUT2D eigenvalue weighted by Gasteiger charge is -2.35. The minimum atomic E-state index is -0.415. The molecule has 170 valence electrons. The highest BCUT2D eigenvalue weighted by Crippen LogP contribution is 2.33. The van der Waals surface area contributed by atoms with Gasteiger partial charge in [0.1, 0.15) is 5.82 Å². The number of hydrogen-bond donors (Lipinski definition) is 1. The van der Waals surface area contributed by atoms with Crippen molar-refractivity contribution in [3.8, 4) is 0 Å². The normalized spacial score (nSPS) is 16.2. The predicted octanol–water partition coefficient (Wildman–Crippen LogP) is 3.59. The third kappa shape index (κ3) is 4.22. The molecular weight excluding hydrogens is 406 g/mol. The van der Waals surface area contributed by atoms with Crippen LogP contribution in [0.25, 0.3) is 11.2 Å². The van der Waals surface area contributed by atoms with Gasteiger partial charge in [-0.1, -0.05) is 39.0 Å². The third-order valence-corrected chi connectivity index (χ3v) is 5.62. The summed E-state index contributed by atoms with van der Waals surface area (Å²) < 4.78 is 8.48. The van der Waals surface area contributed by atoms with Crippen molar-refractivity contribution in [3.63, 3.8) is 0 Å². The number of nitrogens with zero attached hydrogens (tertiary/aromatic N) is 4. The molecular formula is C24H31N5O3. The summed E-state index contributed by atoms with van der Waals surface area (Å²) in [6.45, 7) is 9.63. The molecule has 1 atom stereocenters. The highest BCUT2D eigenvalue weighted by molar-refractivity contribution is 5.77. The summed E-state index contributed by atoms with van der Waals surface area (Å²) >= 11 is 0. The lowest BCUT2D eigenvalue weighted by Crippen LogP contribution is -2.47. The zero-order valence-corrected chi connectivity index (χ0v) is 19.4.